The third-order valence-corrected chi connectivity index (χ3v) is 4.81. The van der Waals surface area contributed by atoms with Crippen LogP contribution in [0.2, 0.25) is 0 Å². The lowest BCUT2D eigenvalue weighted by molar-refractivity contribution is -0.385. The summed E-state index contributed by atoms with van der Waals surface area (Å²) >= 11 is 0. The van der Waals surface area contributed by atoms with E-state index in [-0.39, 0.29) is 18.0 Å². The largest absolute Gasteiger partial charge is 0.477 e. The number of aromatic nitrogens is 2. The third kappa shape index (κ3) is 3.66. The number of hydrogen-bond acceptors (Lipinski definition) is 5. The molecule has 0 spiro atoms. The quantitative estimate of drug-likeness (QED) is 0.537. The van der Waals surface area contributed by atoms with Gasteiger partial charge < -0.3 is 14.6 Å². The van der Waals surface area contributed by atoms with Crippen molar-refractivity contribution in [3.63, 3.8) is 0 Å². The number of imidazole rings is 1. The molecule has 0 saturated heterocycles. The summed E-state index contributed by atoms with van der Waals surface area (Å²) < 4.78 is 7.58. The first-order chi connectivity index (χ1) is 13.6. The van der Waals surface area contributed by atoms with Gasteiger partial charge >= 0.3 is 5.69 Å². The normalized spacial score (nSPS) is 13.6. The number of amides is 1. The van der Waals surface area contributed by atoms with Gasteiger partial charge in [0.25, 0.3) is 5.91 Å². The van der Waals surface area contributed by atoms with Crippen molar-refractivity contribution in [1.82, 2.24) is 9.55 Å². The first-order valence-electron chi connectivity index (χ1n) is 9.27. The molecule has 0 atom stereocenters. The number of ether oxygens (including phenoxy) is 1. The molecule has 8 heteroatoms. The standard InChI is InChI=1S/C20H20N4O4/c25-20(13-28-18-7-4-3-6-17(18)24(26)27)21-14-9-10-16-15(12-14)22-19-8-2-1-5-11-23(16)19/h3-4,6-7,9-10,12H,1-2,5,8,11,13H2,(H,21,25). The fourth-order valence-corrected chi connectivity index (χ4v) is 3.50. The first kappa shape index (κ1) is 18.0. The van der Waals surface area contributed by atoms with Crippen LogP contribution in [0.3, 0.4) is 0 Å². The van der Waals surface area contributed by atoms with Crippen LogP contribution in [-0.4, -0.2) is 27.0 Å². The molecule has 8 nitrogen and oxygen atoms in total. The van der Waals surface area contributed by atoms with E-state index in [1.54, 1.807) is 12.1 Å². The van der Waals surface area contributed by atoms with Crippen LogP contribution in [0.5, 0.6) is 5.75 Å². The highest BCUT2D eigenvalue weighted by atomic mass is 16.6. The molecule has 0 unspecified atom stereocenters. The van der Waals surface area contributed by atoms with Crippen LogP contribution in [0.4, 0.5) is 11.4 Å². The Morgan fingerprint density at radius 1 is 1.21 bits per heavy atom. The van der Waals surface area contributed by atoms with Crippen molar-refractivity contribution in [2.75, 3.05) is 11.9 Å². The van der Waals surface area contributed by atoms with Gasteiger partial charge in [-0.15, -0.1) is 0 Å². The second-order valence-electron chi connectivity index (χ2n) is 6.76. The van der Waals surface area contributed by atoms with Gasteiger partial charge in [0.05, 0.1) is 16.0 Å². The lowest BCUT2D eigenvalue weighted by atomic mass is 10.2. The van der Waals surface area contributed by atoms with E-state index in [0.29, 0.717) is 5.69 Å². The zero-order chi connectivity index (χ0) is 19.5. The van der Waals surface area contributed by atoms with E-state index in [2.05, 4.69) is 9.88 Å². The minimum absolute atomic E-state index is 0.0657. The van der Waals surface area contributed by atoms with Crippen LogP contribution >= 0.6 is 0 Å². The molecule has 1 N–H and O–H groups in total. The van der Waals surface area contributed by atoms with Crippen molar-refractivity contribution in [2.45, 2.75) is 32.2 Å². The summed E-state index contributed by atoms with van der Waals surface area (Å²) in [6, 6.07) is 11.6. The summed E-state index contributed by atoms with van der Waals surface area (Å²) in [4.78, 5) is 27.4. The monoisotopic (exact) mass is 380 g/mol. The van der Waals surface area contributed by atoms with Crippen LogP contribution in [0.1, 0.15) is 25.1 Å². The van der Waals surface area contributed by atoms with Crippen molar-refractivity contribution in [3.05, 3.63) is 58.4 Å². The lowest BCUT2D eigenvalue weighted by Gasteiger charge is -2.08. The molecule has 2 heterocycles. The Morgan fingerprint density at radius 3 is 2.93 bits per heavy atom. The number of anilines is 1. The van der Waals surface area contributed by atoms with E-state index in [9.17, 15) is 14.9 Å². The molecule has 1 aliphatic heterocycles. The zero-order valence-electron chi connectivity index (χ0n) is 15.3. The number of nitro benzene ring substituents is 1. The Kier molecular flexibility index (Phi) is 4.92. The van der Waals surface area contributed by atoms with Crippen molar-refractivity contribution >= 4 is 28.3 Å². The summed E-state index contributed by atoms with van der Waals surface area (Å²) in [7, 11) is 0. The third-order valence-electron chi connectivity index (χ3n) is 4.81. The predicted molar refractivity (Wildman–Crippen MR) is 105 cm³/mol. The second-order valence-corrected chi connectivity index (χ2v) is 6.76. The van der Waals surface area contributed by atoms with E-state index in [0.717, 1.165) is 42.7 Å². The highest BCUT2D eigenvalue weighted by Crippen LogP contribution is 2.26. The van der Waals surface area contributed by atoms with Gasteiger partial charge in [-0.1, -0.05) is 18.6 Å². The van der Waals surface area contributed by atoms with E-state index in [4.69, 9.17) is 9.72 Å². The molecule has 0 saturated carbocycles. The van der Waals surface area contributed by atoms with Gasteiger partial charge in [-0.2, -0.15) is 0 Å². The maximum absolute atomic E-state index is 12.2. The van der Waals surface area contributed by atoms with Crippen molar-refractivity contribution in [2.24, 2.45) is 0 Å². The number of rotatable bonds is 5. The lowest BCUT2D eigenvalue weighted by Crippen LogP contribution is -2.20. The molecule has 0 radical (unpaired) electrons. The zero-order valence-corrected chi connectivity index (χ0v) is 15.3. The number of hydrogen-bond donors (Lipinski definition) is 1. The Bertz CT molecular complexity index is 1040. The Labute approximate surface area is 161 Å². The van der Waals surface area contributed by atoms with Gasteiger partial charge in [-0.05, 0) is 37.1 Å². The van der Waals surface area contributed by atoms with Crippen LogP contribution in [0.25, 0.3) is 11.0 Å². The minimum atomic E-state index is -0.538. The highest BCUT2D eigenvalue weighted by Gasteiger charge is 2.16. The number of carbonyl (C=O) groups is 1. The minimum Gasteiger partial charge on any atom is -0.477 e. The molecule has 4 rings (SSSR count). The smallest absolute Gasteiger partial charge is 0.310 e. The molecule has 3 aromatic rings. The maximum Gasteiger partial charge on any atom is 0.310 e. The average molecular weight is 380 g/mol. The molecule has 0 fully saturated rings. The van der Waals surface area contributed by atoms with Gasteiger partial charge in [0.1, 0.15) is 5.82 Å². The van der Waals surface area contributed by atoms with E-state index >= 15 is 0 Å². The number of carbonyl (C=O) groups excluding carboxylic acids is 1. The number of fused-ring (bicyclic) bond motifs is 3. The summed E-state index contributed by atoms with van der Waals surface area (Å²) in [5.41, 5.74) is 2.38. The Balaban J connectivity index is 1.45. The number of nitrogens with zero attached hydrogens (tertiary/aromatic N) is 3. The topological polar surface area (TPSA) is 99.3 Å². The van der Waals surface area contributed by atoms with E-state index in [1.807, 2.05) is 18.2 Å². The van der Waals surface area contributed by atoms with Gasteiger partial charge in [0.2, 0.25) is 0 Å². The summed E-state index contributed by atoms with van der Waals surface area (Å²) in [6.07, 6.45) is 4.49. The number of benzene rings is 2. The summed E-state index contributed by atoms with van der Waals surface area (Å²) in [6.45, 7) is 0.657. The molecule has 1 amide bonds. The van der Waals surface area contributed by atoms with Gasteiger partial charge in [-0.25, -0.2) is 4.98 Å². The van der Waals surface area contributed by atoms with Gasteiger partial charge in [0, 0.05) is 24.7 Å². The molecule has 1 aromatic heterocycles. The summed E-state index contributed by atoms with van der Waals surface area (Å²) in [5, 5.41) is 13.8. The van der Waals surface area contributed by atoms with Crippen molar-refractivity contribution in [1.29, 1.82) is 0 Å². The molecule has 0 bridgehead atoms. The average Bonchev–Trinajstić information content (AvgIpc) is 2.86. The van der Waals surface area contributed by atoms with Crippen LogP contribution in [0.15, 0.2) is 42.5 Å². The van der Waals surface area contributed by atoms with Crippen LogP contribution < -0.4 is 10.1 Å². The van der Waals surface area contributed by atoms with E-state index in [1.165, 1.54) is 18.6 Å². The van der Waals surface area contributed by atoms with Gasteiger partial charge in [0.15, 0.2) is 12.4 Å². The number of aryl methyl sites for hydroxylation is 2. The van der Waals surface area contributed by atoms with Crippen LogP contribution in [-0.2, 0) is 17.8 Å². The van der Waals surface area contributed by atoms with Crippen molar-refractivity contribution < 1.29 is 14.5 Å². The van der Waals surface area contributed by atoms with Crippen LogP contribution in [0, 0.1) is 10.1 Å². The Hall–Kier alpha value is -3.42. The molecule has 0 aliphatic carbocycles. The highest BCUT2D eigenvalue weighted by molar-refractivity contribution is 5.94. The molecular weight excluding hydrogens is 360 g/mol. The molecule has 28 heavy (non-hydrogen) atoms. The SMILES string of the molecule is O=C(COc1ccccc1[N+](=O)[O-])Nc1ccc2c(c1)nc1n2CCCCC1. The van der Waals surface area contributed by atoms with Gasteiger partial charge in [-0.3, -0.25) is 14.9 Å². The predicted octanol–water partition coefficient (Wildman–Crippen LogP) is 3.69. The fourth-order valence-electron chi connectivity index (χ4n) is 3.50. The number of nitrogens with one attached hydrogen (secondary N) is 1. The summed E-state index contributed by atoms with van der Waals surface area (Å²) in [5.74, 6) is 0.768. The maximum atomic E-state index is 12.2. The number of nitro groups is 1. The first-order valence-corrected chi connectivity index (χ1v) is 9.27. The van der Waals surface area contributed by atoms with E-state index < -0.39 is 10.8 Å². The molecule has 1 aliphatic rings. The molecule has 144 valence electrons. The number of para-hydroxylation sites is 2. The molecule has 2 aromatic carbocycles. The Morgan fingerprint density at radius 2 is 2.07 bits per heavy atom. The molecular formula is C20H20N4O4. The van der Waals surface area contributed by atoms with Crippen molar-refractivity contribution in [3.8, 4) is 5.75 Å². The fraction of sp³-hybridized carbons (Fsp3) is 0.300. The second kappa shape index (κ2) is 7.67.